The quantitative estimate of drug-likeness (QED) is 0.617. The van der Waals surface area contributed by atoms with Crippen molar-refractivity contribution in [2.75, 3.05) is 13.1 Å². The maximum Gasteiger partial charge on any atom is 0.270 e. The molecule has 0 saturated heterocycles. The van der Waals surface area contributed by atoms with Crippen LogP contribution in [-0.2, 0) is 10.0 Å². The van der Waals surface area contributed by atoms with Crippen molar-refractivity contribution in [2.45, 2.75) is 11.3 Å². The van der Waals surface area contributed by atoms with Crippen LogP contribution in [-0.4, -0.2) is 36.6 Å². The van der Waals surface area contributed by atoms with Crippen molar-refractivity contribution in [3.63, 3.8) is 0 Å². The van der Waals surface area contributed by atoms with E-state index in [2.05, 4.69) is 0 Å². The van der Waals surface area contributed by atoms with Crippen LogP contribution in [0.15, 0.2) is 23.1 Å². The van der Waals surface area contributed by atoms with Gasteiger partial charge >= 0.3 is 0 Å². The van der Waals surface area contributed by atoms with Crippen molar-refractivity contribution >= 4 is 21.6 Å². The van der Waals surface area contributed by atoms with E-state index in [9.17, 15) is 23.3 Å². The van der Waals surface area contributed by atoms with Gasteiger partial charge in [-0.25, -0.2) is 12.7 Å². The van der Waals surface area contributed by atoms with E-state index < -0.39 is 20.9 Å². The zero-order valence-electron chi connectivity index (χ0n) is 9.77. The zero-order valence-corrected chi connectivity index (χ0v) is 10.6. The summed E-state index contributed by atoms with van der Waals surface area (Å²) in [6.45, 7) is 0.218. The molecule has 1 aliphatic rings. The van der Waals surface area contributed by atoms with E-state index in [4.69, 9.17) is 5.73 Å². The van der Waals surface area contributed by atoms with E-state index >= 15 is 0 Å². The second-order valence-corrected chi connectivity index (χ2v) is 5.79. The summed E-state index contributed by atoms with van der Waals surface area (Å²) in [5, 5.41) is 10.6. The number of fused-ring (bicyclic) bond motifs is 1. The minimum absolute atomic E-state index is 0.0276. The lowest BCUT2D eigenvalue weighted by atomic mass is 10.2. The maximum absolute atomic E-state index is 12.1. The number of nitro benzene ring substituents is 1. The molecule has 8 nitrogen and oxygen atoms in total. The first kappa shape index (κ1) is 13.4. The summed E-state index contributed by atoms with van der Waals surface area (Å²) in [5.74, 6) is -0.668. The molecule has 1 aromatic rings. The Morgan fingerprint density at radius 3 is 2.63 bits per heavy atom. The summed E-state index contributed by atoms with van der Waals surface area (Å²) in [5.41, 5.74) is 4.88. The third-order valence-corrected chi connectivity index (χ3v) is 4.59. The molecule has 0 aromatic heterocycles. The van der Waals surface area contributed by atoms with E-state index in [0.717, 1.165) is 18.2 Å². The van der Waals surface area contributed by atoms with Gasteiger partial charge in [-0.1, -0.05) is 0 Å². The van der Waals surface area contributed by atoms with E-state index in [-0.39, 0.29) is 29.2 Å². The van der Waals surface area contributed by atoms with Gasteiger partial charge in [0.1, 0.15) is 4.90 Å². The molecule has 0 spiro atoms. The maximum atomic E-state index is 12.1. The van der Waals surface area contributed by atoms with Crippen molar-refractivity contribution < 1.29 is 18.1 Å². The second-order valence-electron chi connectivity index (χ2n) is 3.96. The summed E-state index contributed by atoms with van der Waals surface area (Å²) in [6, 6.07) is 3.18. The highest BCUT2D eigenvalue weighted by molar-refractivity contribution is 7.90. The molecule has 102 valence electrons. The molecule has 1 amide bonds. The van der Waals surface area contributed by atoms with Crippen molar-refractivity contribution in [3.05, 3.63) is 33.9 Å². The Bertz CT molecular complexity index is 655. The predicted molar refractivity (Wildman–Crippen MR) is 65.0 cm³/mol. The minimum atomic E-state index is -4.00. The number of nitrogens with zero attached hydrogens (tertiary/aromatic N) is 2. The standard InChI is InChI=1S/C10H11N3O5S/c11-4-1-5-12-10(14)8-3-2-7(13(15)16)6-9(8)19(12,17)18/h2-3,6H,1,4-5,11H2. The number of benzene rings is 1. The van der Waals surface area contributed by atoms with Crippen molar-refractivity contribution in [1.82, 2.24) is 4.31 Å². The SMILES string of the molecule is NCCCN1C(=O)c2ccc([N+](=O)[O-])cc2S1(=O)=O. The van der Waals surface area contributed by atoms with Gasteiger partial charge in [0.15, 0.2) is 0 Å². The fourth-order valence-electron chi connectivity index (χ4n) is 1.83. The molecule has 0 fully saturated rings. The average Bonchev–Trinajstić information content (AvgIpc) is 2.55. The van der Waals surface area contributed by atoms with Crippen LogP contribution in [0.3, 0.4) is 0 Å². The lowest BCUT2D eigenvalue weighted by Crippen LogP contribution is -2.32. The molecular formula is C10H11N3O5S. The summed E-state index contributed by atoms with van der Waals surface area (Å²) in [7, 11) is -4.00. The highest BCUT2D eigenvalue weighted by atomic mass is 32.2. The molecule has 1 aliphatic heterocycles. The van der Waals surface area contributed by atoms with Crippen LogP contribution in [0.4, 0.5) is 5.69 Å². The highest BCUT2D eigenvalue weighted by Crippen LogP contribution is 2.32. The number of nitrogens with two attached hydrogens (primary N) is 1. The largest absolute Gasteiger partial charge is 0.330 e. The molecule has 9 heteroatoms. The van der Waals surface area contributed by atoms with Gasteiger partial charge in [-0.15, -0.1) is 0 Å². The first-order valence-corrected chi connectivity index (χ1v) is 6.89. The lowest BCUT2D eigenvalue weighted by molar-refractivity contribution is -0.385. The topological polar surface area (TPSA) is 124 Å². The summed E-state index contributed by atoms with van der Waals surface area (Å²) < 4.78 is 24.9. The third kappa shape index (κ3) is 2.06. The van der Waals surface area contributed by atoms with Gasteiger partial charge in [0.05, 0.1) is 10.5 Å². The Hall–Kier alpha value is -2.00. The number of sulfonamides is 1. The van der Waals surface area contributed by atoms with Crippen LogP contribution in [0.25, 0.3) is 0 Å². The molecule has 0 radical (unpaired) electrons. The van der Waals surface area contributed by atoms with Gasteiger partial charge in [0.25, 0.3) is 21.6 Å². The Morgan fingerprint density at radius 2 is 2.05 bits per heavy atom. The van der Waals surface area contributed by atoms with Crippen LogP contribution >= 0.6 is 0 Å². The Labute approximate surface area is 109 Å². The molecular weight excluding hydrogens is 274 g/mol. The summed E-state index contributed by atoms with van der Waals surface area (Å²) in [6.07, 6.45) is 0.334. The Kier molecular flexibility index (Phi) is 3.25. The molecule has 2 rings (SSSR count). The van der Waals surface area contributed by atoms with E-state index in [0.29, 0.717) is 10.7 Å². The Morgan fingerprint density at radius 1 is 1.37 bits per heavy atom. The molecule has 2 N–H and O–H groups in total. The predicted octanol–water partition coefficient (Wildman–Crippen LogP) is 0.0881. The number of nitro groups is 1. The first-order valence-electron chi connectivity index (χ1n) is 5.45. The Balaban J connectivity index is 2.51. The van der Waals surface area contributed by atoms with Gasteiger partial charge in [-0.3, -0.25) is 14.9 Å². The monoisotopic (exact) mass is 285 g/mol. The summed E-state index contributed by atoms with van der Waals surface area (Å²) in [4.78, 5) is 21.6. The van der Waals surface area contributed by atoms with Gasteiger partial charge in [0.2, 0.25) is 0 Å². The number of non-ortho nitro benzene ring substituents is 1. The molecule has 1 heterocycles. The van der Waals surface area contributed by atoms with Crippen molar-refractivity contribution in [2.24, 2.45) is 5.73 Å². The number of amides is 1. The molecule has 0 aliphatic carbocycles. The highest BCUT2D eigenvalue weighted by Gasteiger charge is 2.41. The van der Waals surface area contributed by atoms with Crippen molar-refractivity contribution in [3.8, 4) is 0 Å². The number of carbonyl (C=O) groups is 1. The van der Waals surface area contributed by atoms with Crippen LogP contribution < -0.4 is 5.73 Å². The molecule has 1 aromatic carbocycles. The van der Waals surface area contributed by atoms with Gasteiger partial charge in [-0.2, -0.15) is 0 Å². The minimum Gasteiger partial charge on any atom is -0.330 e. The van der Waals surface area contributed by atoms with Gasteiger partial charge in [-0.05, 0) is 19.0 Å². The number of carbonyl (C=O) groups excluding carboxylic acids is 1. The lowest BCUT2D eigenvalue weighted by Gasteiger charge is -2.13. The molecule has 0 unspecified atom stereocenters. The number of hydrogen-bond donors (Lipinski definition) is 1. The van der Waals surface area contributed by atoms with Crippen LogP contribution in [0.5, 0.6) is 0 Å². The van der Waals surface area contributed by atoms with Crippen LogP contribution in [0.1, 0.15) is 16.8 Å². The van der Waals surface area contributed by atoms with E-state index in [1.807, 2.05) is 0 Å². The zero-order chi connectivity index (χ0) is 14.2. The molecule has 0 bridgehead atoms. The molecule has 19 heavy (non-hydrogen) atoms. The van der Waals surface area contributed by atoms with Crippen LogP contribution in [0, 0.1) is 10.1 Å². The molecule has 0 saturated carbocycles. The average molecular weight is 285 g/mol. The first-order chi connectivity index (χ1) is 8.89. The summed E-state index contributed by atoms with van der Waals surface area (Å²) >= 11 is 0. The normalized spacial score (nSPS) is 16.5. The fraction of sp³-hybridized carbons (Fsp3) is 0.300. The number of rotatable bonds is 4. The smallest absolute Gasteiger partial charge is 0.270 e. The fourth-order valence-corrected chi connectivity index (χ4v) is 3.46. The van der Waals surface area contributed by atoms with E-state index in [1.54, 1.807) is 0 Å². The molecule has 0 atom stereocenters. The third-order valence-electron chi connectivity index (χ3n) is 2.77. The van der Waals surface area contributed by atoms with Crippen molar-refractivity contribution in [1.29, 1.82) is 0 Å². The second kappa shape index (κ2) is 4.59. The number of hydrogen-bond acceptors (Lipinski definition) is 6. The van der Waals surface area contributed by atoms with Crippen LogP contribution in [0.2, 0.25) is 0 Å². The van der Waals surface area contributed by atoms with Gasteiger partial charge in [0, 0.05) is 18.7 Å². The van der Waals surface area contributed by atoms with E-state index in [1.165, 1.54) is 0 Å². The van der Waals surface area contributed by atoms with Gasteiger partial charge < -0.3 is 5.73 Å².